The minimum Gasteiger partial charge on any atom is -0.484 e. The van der Waals surface area contributed by atoms with Crippen molar-refractivity contribution >= 4 is 15.9 Å². The molecule has 2 N–H and O–H groups in total. The maximum Gasteiger partial charge on any atom is 0.258 e. The molecular formula is C22H27FN2O4S. The van der Waals surface area contributed by atoms with E-state index in [1.54, 1.807) is 19.1 Å². The van der Waals surface area contributed by atoms with Crippen molar-refractivity contribution in [3.63, 3.8) is 0 Å². The van der Waals surface area contributed by atoms with Crippen LogP contribution in [0.1, 0.15) is 50.6 Å². The number of carbonyl (C=O) groups excluding carboxylic acids is 1. The number of rotatable bonds is 8. The molecule has 1 amide bonds. The van der Waals surface area contributed by atoms with Crippen molar-refractivity contribution in [3.8, 4) is 5.75 Å². The fraction of sp³-hybridized carbons (Fsp3) is 0.409. The van der Waals surface area contributed by atoms with Crippen LogP contribution in [0.5, 0.6) is 5.75 Å². The van der Waals surface area contributed by atoms with E-state index in [2.05, 4.69) is 10.0 Å². The van der Waals surface area contributed by atoms with Gasteiger partial charge >= 0.3 is 0 Å². The molecular weight excluding hydrogens is 407 g/mol. The monoisotopic (exact) mass is 434 g/mol. The topological polar surface area (TPSA) is 84.5 Å². The fourth-order valence-corrected chi connectivity index (χ4v) is 4.79. The number of halogens is 1. The van der Waals surface area contributed by atoms with Gasteiger partial charge in [-0.25, -0.2) is 17.5 Å². The van der Waals surface area contributed by atoms with Gasteiger partial charge in [-0.15, -0.1) is 0 Å². The molecule has 1 aliphatic rings. The third-order valence-electron chi connectivity index (χ3n) is 5.18. The van der Waals surface area contributed by atoms with Gasteiger partial charge in [0.1, 0.15) is 11.6 Å². The van der Waals surface area contributed by atoms with E-state index >= 15 is 0 Å². The second-order valence-corrected chi connectivity index (χ2v) is 9.27. The summed E-state index contributed by atoms with van der Waals surface area (Å²) in [7, 11) is -3.57. The van der Waals surface area contributed by atoms with E-state index in [0.717, 1.165) is 37.7 Å². The van der Waals surface area contributed by atoms with Gasteiger partial charge < -0.3 is 10.1 Å². The number of carbonyl (C=O) groups is 1. The normalized spacial score (nSPS) is 16.1. The Bertz CT molecular complexity index is 940. The summed E-state index contributed by atoms with van der Waals surface area (Å²) in [6.07, 6.45) is 4.97. The van der Waals surface area contributed by atoms with Gasteiger partial charge in [0.25, 0.3) is 5.91 Å². The Morgan fingerprint density at radius 3 is 2.33 bits per heavy atom. The van der Waals surface area contributed by atoms with Crippen LogP contribution in [0.2, 0.25) is 0 Å². The molecule has 8 heteroatoms. The molecule has 6 nitrogen and oxygen atoms in total. The molecule has 0 heterocycles. The van der Waals surface area contributed by atoms with E-state index in [0.29, 0.717) is 5.75 Å². The average molecular weight is 435 g/mol. The molecule has 162 valence electrons. The fourth-order valence-electron chi connectivity index (χ4n) is 3.49. The van der Waals surface area contributed by atoms with Crippen LogP contribution in [0.15, 0.2) is 53.4 Å². The third-order valence-corrected chi connectivity index (χ3v) is 6.71. The molecule has 1 fully saturated rings. The van der Waals surface area contributed by atoms with Crippen molar-refractivity contribution in [2.75, 3.05) is 6.61 Å². The Kier molecular flexibility index (Phi) is 7.44. The number of nitrogens with one attached hydrogen (secondary N) is 2. The molecule has 0 spiro atoms. The smallest absolute Gasteiger partial charge is 0.258 e. The highest BCUT2D eigenvalue weighted by Crippen LogP contribution is 2.21. The molecule has 0 aliphatic heterocycles. The molecule has 0 bridgehead atoms. The molecule has 30 heavy (non-hydrogen) atoms. The van der Waals surface area contributed by atoms with E-state index in [4.69, 9.17) is 4.74 Å². The van der Waals surface area contributed by atoms with Crippen molar-refractivity contribution in [3.05, 3.63) is 59.9 Å². The van der Waals surface area contributed by atoms with Crippen LogP contribution >= 0.6 is 0 Å². The lowest BCUT2D eigenvalue weighted by atomic mass is 9.96. The molecule has 0 radical (unpaired) electrons. The highest BCUT2D eigenvalue weighted by atomic mass is 32.2. The Hall–Kier alpha value is -2.45. The highest BCUT2D eigenvalue weighted by molar-refractivity contribution is 7.89. The number of hydrogen-bond donors (Lipinski definition) is 2. The van der Waals surface area contributed by atoms with Crippen molar-refractivity contribution in [2.45, 2.75) is 56.0 Å². The zero-order chi connectivity index (χ0) is 21.6. The van der Waals surface area contributed by atoms with Crippen LogP contribution in [-0.4, -0.2) is 27.0 Å². The SMILES string of the molecule is C[C@@H](NC(=O)COc1ccc(S(=O)(=O)NC2CCCCC2)cc1)c1ccc(F)cc1. The second-order valence-electron chi connectivity index (χ2n) is 7.56. The Morgan fingerprint density at radius 2 is 1.70 bits per heavy atom. The van der Waals surface area contributed by atoms with Crippen LogP contribution in [0.3, 0.4) is 0 Å². The predicted octanol–water partition coefficient (Wildman–Crippen LogP) is 3.69. The quantitative estimate of drug-likeness (QED) is 0.664. The standard InChI is InChI=1S/C22H27FN2O4S/c1-16(17-7-9-18(23)10-8-17)24-22(26)15-29-20-11-13-21(14-12-20)30(27,28)25-19-5-3-2-4-6-19/h7-14,16,19,25H,2-6,15H2,1H3,(H,24,26)/t16-/m1/s1. The summed E-state index contributed by atoms with van der Waals surface area (Å²) in [6, 6.07) is 11.6. The third kappa shape index (κ3) is 6.27. The number of amides is 1. The summed E-state index contributed by atoms with van der Waals surface area (Å²) < 4.78 is 46.2. The van der Waals surface area contributed by atoms with E-state index < -0.39 is 10.0 Å². The Labute approximate surface area is 176 Å². The lowest BCUT2D eigenvalue weighted by molar-refractivity contribution is -0.123. The molecule has 1 aliphatic carbocycles. The lowest BCUT2D eigenvalue weighted by Gasteiger charge is -2.22. The maximum absolute atomic E-state index is 13.0. The molecule has 1 saturated carbocycles. The van der Waals surface area contributed by atoms with Crippen molar-refractivity contribution < 1.29 is 22.3 Å². The zero-order valence-corrected chi connectivity index (χ0v) is 17.8. The summed E-state index contributed by atoms with van der Waals surface area (Å²) >= 11 is 0. The van der Waals surface area contributed by atoms with Crippen LogP contribution < -0.4 is 14.8 Å². The highest BCUT2D eigenvalue weighted by Gasteiger charge is 2.21. The summed E-state index contributed by atoms with van der Waals surface area (Å²) in [6.45, 7) is 1.59. The summed E-state index contributed by atoms with van der Waals surface area (Å²) in [4.78, 5) is 12.3. The largest absolute Gasteiger partial charge is 0.484 e. The van der Waals surface area contributed by atoms with E-state index in [9.17, 15) is 17.6 Å². The minimum atomic E-state index is -3.57. The summed E-state index contributed by atoms with van der Waals surface area (Å²) in [5.41, 5.74) is 0.782. The molecule has 0 saturated heterocycles. The molecule has 0 aromatic heterocycles. The van der Waals surface area contributed by atoms with Gasteiger partial charge in [-0.05, 0) is 61.7 Å². The summed E-state index contributed by atoms with van der Waals surface area (Å²) in [5.74, 6) is -0.265. The molecule has 3 rings (SSSR count). The van der Waals surface area contributed by atoms with Crippen molar-refractivity contribution in [1.82, 2.24) is 10.0 Å². The number of benzene rings is 2. The average Bonchev–Trinajstić information content (AvgIpc) is 2.73. The van der Waals surface area contributed by atoms with Crippen LogP contribution in [0, 0.1) is 5.82 Å². The van der Waals surface area contributed by atoms with Gasteiger partial charge in [-0.1, -0.05) is 31.4 Å². The van der Waals surface area contributed by atoms with Gasteiger partial charge in [-0.3, -0.25) is 4.79 Å². The van der Waals surface area contributed by atoms with E-state index in [1.165, 1.54) is 36.4 Å². The number of ether oxygens (including phenoxy) is 1. The van der Waals surface area contributed by atoms with Gasteiger partial charge in [0.15, 0.2) is 6.61 Å². The first-order chi connectivity index (χ1) is 14.3. The first kappa shape index (κ1) is 22.2. The minimum absolute atomic E-state index is 0.00790. The Balaban J connectivity index is 1.50. The molecule has 2 aromatic carbocycles. The summed E-state index contributed by atoms with van der Waals surface area (Å²) in [5, 5.41) is 2.77. The van der Waals surface area contributed by atoms with Gasteiger partial charge in [0.2, 0.25) is 10.0 Å². The van der Waals surface area contributed by atoms with Crippen LogP contribution in [0.4, 0.5) is 4.39 Å². The first-order valence-corrected chi connectivity index (χ1v) is 11.6. The predicted molar refractivity (Wildman–Crippen MR) is 112 cm³/mol. The van der Waals surface area contributed by atoms with Crippen molar-refractivity contribution in [2.24, 2.45) is 0 Å². The first-order valence-electron chi connectivity index (χ1n) is 10.1. The van der Waals surface area contributed by atoms with Gasteiger partial charge in [0.05, 0.1) is 10.9 Å². The molecule has 1 atom stereocenters. The zero-order valence-electron chi connectivity index (χ0n) is 16.9. The van der Waals surface area contributed by atoms with Crippen LogP contribution in [-0.2, 0) is 14.8 Å². The molecule has 2 aromatic rings. The van der Waals surface area contributed by atoms with Crippen LogP contribution in [0.25, 0.3) is 0 Å². The Morgan fingerprint density at radius 1 is 1.07 bits per heavy atom. The van der Waals surface area contributed by atoms with E-state index in [-0.39, 0.29) is 35.3 Å². The second kappa shape index (κ2) is 10.0. The maximum atomic E-state index is 13.0. The van der Waals surface area contributed by atoms with Gasteiger partial charge in [-0.2, -0.15) is 0 Å². The van der Waals surface area contributed by atoms with Crippen molar-refractivity contribution in [1.29, 1.82) is 0 Å². The van der Waals surface area contributed by atoms with Gasteiger partial charge in [0, 0.05) is 6.04 Å². The number of hydrogen-bond acceptors (Lipinski definition) is 4. The lowest BCUT2D eigenvalue weighted by Crippen LogP contribution is -2.36. The van der Waals surface area contributed by atoms with E-state index in [1.807, 2.05) is 0 Å². The molecule has 0 unspecified atom stereocenters. The number of sulfonamides is 1.